The quantitative estimate of drug-likeness (QED) is 0.849. The van der Waals surface area contributed by atoms with Gasteiger partial charge in [0.2, 0.25) is 5.91 Å². The van der Waals surface area contributed by atoms with Gasteiger partial charge in [-0.05, 0) is 38.2 Å². The number of hydrogen-bond acceptors (Lipinski definition) is 3. The molecule has 1 amide bonds. The highest BCUT2D eigenvalue weighted by Gasteiger charge is 2.25. The van der Waals surface area contributed by atoms with Crippen molar-refractivity contribution in [2.75, 3.05) is 13.1 Å². The maximum atomic E-state index is 12.6. The van der Waals surface area contributed by atoms with E-state index < -0.39 is 0 Å². The van der Waals surface area contributed by atoms with Crippen molar-refractivity contribution in [2.24, 2.45) is 5.92 Å². The zero-order valence-electron chi connectivity index (χ0n) is 14.6. The molecular formula is C19H26N4O. The highest BCUT2D eigenvalue weighted by Crippen LogP contribution is 2.21. The summed E-state index contributed by atoms with van der Waals surface area (Å²) in [7, 11) is 0. The minimum Gasteiger partial charge on any atom is -0.342 e. The van der Waals surface area contributed by atoms with Gasteiger partial charge in [-0.25, -0.2) is 0 Å². The van der Waals surface area contributed by atoms with Crippen LogP contribution in [-0.2, 0) is 24.2 Å². The number of likely N-dealkylation sites (tertiary alicyclic amines) is 1. The van der Waals surface area contributed by atoms with Crippen molar-refractivity contribution in [3.05, 3.63) is 47.5 Å². The number of carbonyl (C=O) groups is 1. The lowest BCUT2D eigenvalue weighted by molar-refractivity contribution is -0.132. The number of aryl methyl sites for hydroxylation is 2. The van der Waals surface area contributed by atoms with Gasteiger partial charge >= 0.3 is 0 Å². The van der Waals surface area contributed by atoms with Crippen LogP contribution in [0, 0.1) is 12.8 Å². The number of rotatable bonds is 5. The Morgan fingerprint density at radius 1 is 1.38 bits per heavy atom. The molecule has 1 unspecified atom stereocenters. The zero-order valence-corrected chi connectivity index (χ0v) is 14.6. The predicted octanol–water partition coefficient (Wildman–Crippen LogP) is 2.63. The summed E-state index contributed by atoms with van der Waals surface area (Å²) in [5, 5.41) is 8.25. The minimum absolute atomic E-state index is 0.238. The van der Waals surface area contributed by atoms with Crippen LogP contribution in [0.1, 0.15) is 36.7 Å². The highest BCUT2D eigenvalue weighted by atomic mass is 16.2. The van der Waals surface area contributed by atoms with E-state index in [1.165, 1.54) is 5.56 Å². The van der Waals surface area contributed by atoms with E-state index in [4.69, 9.17) is 0 Å². The number of aromatic nitrogens is 3. The number of benzene rings is 1. The van der Waals surface area contributed by atoms with Crippen LogP contribution < -0.4 is 0 Å². The Balaban J connectivity index is 1.59. The summed E-state index contributed by atoms with van der Waals surface area (Å²) in [6, 6.07) is 8.22. The van der Waals surface area contributed by atoms with E-state index in [2.05, 4.69) is 40.7 Å². The summed E-state index contributed by atoms with van der Waals surface area (Å²) in [4.78, 5) is 14.7. The van der Waals surface area contributed by atoms with E-state index in [1.807, 2.05) is 17.0 Å². The molecule has 5 heteroatoms. The molecule has 1 aliphatic rings. The van der Waals surface area contributed by atoms with Gasteiger partial charge in [-0.3, -0.25) is 4.79 Å². The first-order valence-electron chi connectivity index (χ1n) is 8.85. The molecule has 0 bridgehead atoms. The summed E-state index contributed by atoms with van der Waals surface area (Å²) in [5.74, 6) is 1.76. The topological polar surface area (TPSA) is 51.0 Å². The molecule has 1 fully saturated rings. The second kappa shape index (κ2) is 7.60. The van der Waals surface area contributed by atoms with Crippen LogP contribution in [0.4, 0.5) is 0 Å². The van der Waals surface area contributed by atoms with E-state index in [0.29, 0.717) is 12.3 Å². The summed E-state index contributed by atoms with van der Waals surface area (Å²) in [6.45, 7) is 6.77. The third kappa shape index (κ3) is 4.02. The van der Waals surface area contributed by atoms with Gasteiger partial charge < -0.3 is 9.47 Å². The van der Waals surface area contributed by atoms with Crippen molar-refractivity contribution >= 4 is 5.91 Å². The molecule has 5 nitrogen and oxygen atoms in total. The Morgan fingerprint density at radius 3 is 3.04 bits per heavy atom. The van der Waals surface area contributed by atoms with Crippen LogP contribution in [0.2, 0.25) is 0 Å². The fourth-order valence-corrected chi connectivity index (χ4v) is 3.53. The van der Waals surface area contributed by atoms with Crippen molar-refractivity contribution in [1.82, 2.24) is 19.7 Å². The van der Waals surface area contributed by atoms with Crippen LogP contribution in [0.5, 0.6) is 0 Å². The first kappa shape index (κ1) is 16.7. The molecule has 2 heterocycles. The zero-order chi connectivity index (χ0) is 16.9. The molecule has 0 N–H and O–H groups in total. The molecule has 128 valence electrons. The van der Waals surface area contributed by atoms with E-state index in [1.54, 1.807) is 6.33 Å². The maximum Gasteiger partial charge on any atom is 0.226 e. The maximum absolute atomic E-state index is 12.6. The molecule has 1 aromatic carbocycles. The smallest absolute Gasteiger partial charge is 0.226 e. The largest absolute Gasteiger partial charge is 0.342 e. The predicted molar refractivity (Wildman–Crippen MR) is 93.6 cm³/mol. The van der Waals surface area contributed by atoms with Gasteiger partial charge in [0.1, 0.15) is 12.2 Å². The van der Waals surface area contributed by atoms with Gasteiger partial charge in [-0.15, -0.1) is 10.2 Å². The molecule has 2 aromatic rings. The van der Waals surface area contributed by atoms with Crippen molar-refractivity contribution in [3.63, 3.8) is 0 Å². The lowest BCUT2D eigenvalue weighted by Gasteiger charge is -2.32. The highest BCUT2D eigenvalue weighted by molar-refractivity contribution is 5.78. The van der Waals surface area contributed by atoms with E-state index in [0.717, 1.165) is 50.3 Å². The molecule has 24 heavy (non-hydrogen) atoms. The fraction of sp³-hybridized carbons (Fsp3) is 0.526. The molecule has 0 radical (unpaired) electrons. The van der Waals surface area contributed by atoms with Crippen LogP contribution in [0.15, 0.2) is 30.6 Å². The average Bonchev–Trinajstić information content (AvgIpc) is 3.02. The second-order valence-corrected chi connectivity index (χ2v) is 6.75. The van der Waals surface area contributed by atoms with Gasteiger partial charge in [0, 0.05) is 26.1 Å². The second-order valence-electron chi connectivity index (χ2n) is 6.75. The van der Waals surface area contributed by atoms with E-state index in [-0.39, 0.29) is 5.91 Å². The minimum atomic E-state index is 0.238. The number of amides is 1. The first-order chi connectivity index (χ1) is 11.7. The summed E-state index contributed by atoms with van der Waals surface area (Å²) >= 11 is 0. The molecule has 1 atom stereocenters. The number of hydrogen-bond donors (Lipinski definition) is 0. The van der Waals surface area contributed by atoms with Crippen LogP contribution >= 0.6 is 0 Å². The van der Waals surface area contributed by atoms with Crippen LogP contribution in [0.3, 0.4) is 0 Å². The van der Waals surface area contributed by atoms with Gasteiger partial charge in [0.25, 0.3) is 0 Å². The van der Waals surface area contributed by atoms with E-state index in [9.17, 15) is 4.79 Å². The monoisotopic (exact) mass is 326 g/mol. The Bertz CT molecular complexity index is 694. The van der Waals surface area contributed by atoms with Crippen LogP contribution in [-0.4, -0.2) is 38.7 Å². The summed E-state index contributed by atoms with van der Waals surface area (Å²) in [6.07, 6.45) is 5.43. The van der Waals surface area contributed by atoms with Crippen molar-refractivity contribution in [1.29, 1.82) is 0 Å². The van der Waals surface area contributed by atoms with Crippen molar-refractivity contribution in [3.8, 4) is 0 Å². The lowest BCUT2D eigenvalue weighted by atomic mass is 9.94. The number of carbonyl (C=O) groups excluding carboxylic acids is 1. The average molecular weight is 326 g/mol. The lowest BCUT2D eigenvalue weighted by Crippen LogP contribution is -2.41. The molecule has 1 aromatic heterocycles. The number of nitrogens with zero attached hydrogens (tertiary/aromatic N) is 4. The molecular weight excluding hydrogens is 300 g/mol. The fourth-order valence-electron chi connectivity index (χ4n) is 3.53. The Labute approximate surface area is 143 Å². The van der Waals surface area contributed by atoms with Gasteiger partial charge in [-0.2, -0.15) is 0 Å². The van der Waals surface area contributed by atoms with Crippen molar-refractivity contribution in [2.45, 2.75) is 46.1 Å². The molecule has 3 rings (SSSR count). The standard InChI is InChI=1S/C19H26N4O/c1-3-22-14-20-21-18(22)11-17-8-5-9-23(13-17)19(24)12-16-7-4-6-15(2)10-16/h4,6-7,10,14,17H,3,5,8-9,11-13H2,1-2H3. The Morgan fingerprint density at radius 2 is 2.25 bits per heavy atom. The molecule has 1 saturated heterocycles. The molecule has 1 aliphatic heterocycles. The third-order valence-corrected chi connectivity index (χ3v) is 4.82. The van der Waals surface area contributed by atoms with Crippen LogP contribution in [0.25, 0.3) is 0 Å². The Kier molecular flexibility index (Phi) is 5.28. The summed E-state index contributed by atoms with van der Waals surface area (Å²) < 4.78 is 2.09. The van der Waals surface area contributed by atoms with Gasteiger partial charge in [0.15, 0.2) is 0 Å². The van der Waals surface area contributed by atoms with Crippen molar-refractivity contribution < 1.29 is 4.79 Å². The van der Waals surface area contributed by atoms with Gasteiger partial charge in [0.05, 0.1) is 6.42 Å². The number of piperidine rings is 1. The molecule has 0 saturated carbocycles. The first-order valence-corrected chi connectivity index (χ1v) is 8.85. The van der Waals surface area contributed by atoms with E-state index >= 15 is 0 Å². The summed E-state index contributed by atoms with van der Waals surface area (Å²) in [5.41, 5.74) is 2.31. The Hall–Kier alpha value is -2.17. The SMILES string of the molecule is CCn1cnnc1CC1CCCN(C(=O)Cc2cccc(C)c2)C1. The normalized spacial score (nSPS) is 17.9. The van der Waals surface area contributed by atoms with Gasteiger partial charge in [-0.1, -0.05) is 29.8 Å². The molecule has 0 aliphatic carbocycles. The third-order valence-electron chi connectivity index (χ3n) is 4.82. The molecule has 0 spiro atoms.